The van der Waals surface area contributed by atoms with Crippen LogP contribution in [-0.4, -0.2) is 68.9 Å². The van der Waals surface area contributed by atoms with Gasteiger partial charge in [-0.05, 0) is 52.1 Å². The number of hydrogen-bond donors (Lipinski definition) is 0. The summed E-state index contributed by atoms with van der Waals surface area (Å²) in [5.74, 6) is 1.63. The quantitative estimate of drug-likeness (QED) is 0.544. The first-order chi connectivity index (χ1) is 16.9. The second-order valence-corrected chi connectivity index (χ2v) is 9.87. The molecule has 0 amide bonds. The van der Waals surface area contributed by atoms with Gasteiger partial charge in [-0.15, -0.1) is 0 Å². The number of pyridine rings is 1. The molecule has 1 fully saturated rings. The van der Waals surface area contributed by atoms with Crippen molar-refractivity contribution in [3.8, 4) is 22.8 Å². The van der Waals surface area contributed by atoms with Crippen molar-refractivity contribution >= 4 is 0 Å². The maximum Gasteiger partial charge on any atom is 0.216 e. The molecular weight excluding hydrogens is 440 g/mol. The number of hydrogen-bond acceptors (Lipinski definition) is 6. The van der Waals surface area contributed by atoms with Crippen molar-refractivity contribution in [3.63, 3.8) is 0 Å². The Hall–Kier alpha value is -2.71. The molecule has 5 heterocycles. The largest absolute Gasteiger partial charge is 0.481 e. The molecule has 8 heteroatoms. The van der Waals surface area contributed by atoms with Gasteiger partial charge in [0, 0.05) is 48.9 Å². The summed E-state index contributed by atoms with van der Waals surface area (Å²) < 4.78 is 14.7. The first-order valence-corrected chi connectivity index (χ1v) is 12.8. The molecule has 0 aromatic carbocycles. The van der Waals surface area contributed by atoms with Crippen molar-refractivity contribution in [2.45, 2.75) is 59.4 Å². The molecule has 1 unspecified atom stereocenters. The lowest BCUT2D eigenvalue weighted by atomic mass is 10.1. The molecule has 0 bridgehead atoms. The summed E-state index contributed by atoms with van der Waals surface area (Å²) in [5, 5.41) is 9.20. The fourth-order valence-electron chi connectivity index (χ4n) is 4.98. The molecule has 0 spiro atoms. The van der Waals surface area contributed by atoms with E-state index in [1.807, 2.05) is 31.0 Å². The van der Waals surface area contributed by atoms with Gasteiger partial charge >= 0.3 is 0 Å². The number of aromatic nitrogens is 5. The van der Waals surface area contributed by atoms with Crippen LogP contribution in [0.1, 0.15) is 50.4 Å². The van der Waals surface area contributed by atoms with Crippen molar-refractivity contribution in [1.29, 1.82) is 0 Å². The highest BCUT2D eigenvalue weighted by atomic mass is 16.5. The molecule has 35 heavy (non-hydrogen) atoms. The van der Waals surface area contributed by atoms with Crippen LogP contribution in [0, 0.1) is 12.8 Å². The summed E-state index contributed by atoms with van der Waals surface area (Å²) >= 11 is 0. The topological polar surface area (TPSA) is 70.2 Å². The minimum Gasteiger partial charge on any atom is -0.481 e. The molecule has 1 saturated heterocycles. The first-order valence-electron chi connectivity index (χ1n) is 12.8. The van der Waals surface area contributed by atoms with Crippen LogP contribution in [-0.2, 0) is 24.6 Å². The summed E-state index contributed by atoms with van der Waals surface area (Å²) in [6.07, 6.45) is 10.1. The van der Waals surface area contributed by atoms with Gasteiger partial charge in [0.2, 0.25) is 5.88 Å². The van der Waals surface area contributed by atoms with E-state index in [-0.39, 0.29) is 0 Å². The number of fused-ring (bicyclic) bond motifs is 1. The maximum absolute atomic E-state index is 5.68. The van der Waals surface area contributed by atoms with E-state index >= 15 is 0 Å². The highest BCUT2D eigenvalue weighted by Crippen LogP contribution is 2.30. The SMILES string of the molecule is CCC1CCN(C(C)C)C1.COc1ncc(-n2nc(-c3cnn(C)c3)c3c2CCOCC3)cc1C. The monoisotopic (exact) mass is 480 g/mol. The average molecular weight is 481 g/mol. The van der Waals surface area contributed by atoms with Gasteiger partial charge in [-0.2, -0.15) is 10.2 Å². The summed E-state index contributed by atoms with van der Waals surface area (Å²) in [5.41, 5.74) is 6.34. The summed E-state index contributed by atoms with van der Waals surface area (Å²) in [4.78, 5) is 6.98. The molecule has 8 nitrogen and oxygen atoms in total. The molecule has 0 saturated carbocycles. The lowest BCUT2D eigenvalue weighted by molar-refractivity contribution is 0.145. The number of aryl methyl sites for hydroxylation is 2. The Bertz CT molecular complexity index is 1120. The molecule has 1 atom stereocenters. The third-order valence-corrected chi connectivity index (χ3v) is 7.13. The van der Waals surface area contributed by atoms with Crippen molar-refractivity contribution in [3.05, 3.63) is 41.5 Å². The van der Waals surface area contributed by atoms with Crippen LogP contribution < -0.4 is 4.74 Å². The minimum absolute atomic E-state index is 0.637. The van der Waals surface area contributed by atoms with Crippen molar-refractivity contribution in [1.82, 2.24) is 29.4 Å². The third kappa shape index (κ3) is 5.76. The molecular formula is C27H40N6O2. The van der Waals surface area contributed by atoms with Crippen LogP contribution >= 0.6 is 0 Å². The van der Waals surface area contributed by atoms with Gasteiger partial charge in [0.05, 0.1) is 49.8 Å². The molecule has 0 aliphatic carbocycles. The van der Waals surface area contributed by atoms with E-state index < -0.39 is 0 Å². The Morgan fingerprint density at radius 2 is 2.00 bits per heavy atom. The average Bonchev–Trinajstić information content (AvgIpc) is 3.54. The normalized spacial score (nSPS) is 18.2. The van der Waals surface area contributed by atoms with Gasteiger partial charge < -0.3 is 14.4 Å². The van der Waals surface area contributed by atoms with Crippen LogP contribution in [0.4, 0.5) is 0 Å². The van der Waals surface area contributed by atoms with Crippen molar-refractivity contribution < 1.29 is 9.47 Å². The van der Waals surface area contributed by atoms with Crippen LogP contribution in [0.25, 0.3) is 16.9 Å². The van der Waals surface area contributed by atoms with Crippen LogP contribution in [0.3, 0.4) is 0 Å². The summed E-state index contributed by atoms with van der Waals surface area (Å²) in [6.45, 7) is 13.0. The van der Waals surface area contributed by atoms with Gasteiger partial charge in [0.25, 0.3) is 0 Å². The molecule has 3 aromatic heterocycles. The number of nitrogens with zero attached hydrogens (tertiary/aromatic N) is 6. The number of rotatable bonds is 5. The zero-order valence-electron chi connectivity index (χ0n) is 22.1. The van der Waals surface area contributed by atoms with E-state index in [1.165, 1.54) is 37.2 Å². The molecule has 3 aromatic rings. The van der Waals surface area contributed by atoms with Crippen LogP contribution in [0.15, 0.2) is 24.7 Å². The lowest BCUT2D eigenvalue weighted by Crippen LogP contribution is -2.28. The predicted octanol–water partition coefficient (Wildman–Crippen LogP) is 4.23. The Morgan fingerprint density at radius 3 is 2.60 bits per heavy atom. The molecule has 5 rings (SSSR count). The van der Waals surface area contributed by atoms with Gasteiger partial charge in [-0.3, -0.25) is 4.68 Å². The molecule has 2 aliphatic rings. The highest BCUT2D eigenvalue weighted by Gasteiger charge is 2.23. The van der Waals surface area contributed by atoms with Gasteiger partial charge in [0.15, 0.2) is 0 Å². The van der Waals surface area contributed by atoms with E-state index in [4.69, 9.17) is 14.6 Å². The zero-order valence-corrected chi connectivity index (χ0v) is 22.1. The molecule has 0 radical (unpaired) electrons. The Morgan fingerprint density at radius 1 is 1.20 bits per heavy atom. The van der Waals surface area contributed by atoms with Crippen molar-refractivity contribution in [2.75, 3.05) is 33.4 Å². The fraction of sp³-hybridized carbons (Fsp3) is 0.593. The first kappa shape index (κ1) is 25.4. The number of likely N-dealkylation sites (tertiary alicyclic amines) is 1. The predicted molar refractivity (Wildman–Crippen MR) is 138 cm³/mol. The van der Waals surface area contributed by atoms with E-state index in [0.717, 1.165) is 47.3 Å². The van der Waals surface area contributed by atoms with E-state index in [1.54, 1.807) is 18.0 Å². The number of ether oxygens (including phenoxy) is 2. The zero-order chi connectivity index (χ0) is 24.9. The standard InChI is InChI=1S/C18H21N5O2.C9H19N/c1-12-8-14(10-19-18(12)24-3)23-16-5-7-25-6-4-15(16)17(21-23)13-9-20-22(2)11-13;1-4-9-5-6-10(7-9)8(2)3/h8-11H,4-7H2,1-3H3;8-9H,4-7H2,1-3H3. The lowest BCUT2D eigenvalue weighted by Gasteiger charge is -2.19. The van der Waals surface area contributed by atoms with Gasteiger partial charge in [-0.1, -0.05) is 13.3 Å². The van der Waals surface area contributed by atoms with Crippen LogP contribution in [0.5, 0.6) is 5.88 Å². The van der Waals surface area contributed by atoms with Gasteiger partial charge in [-0.25, -0.2) is 9.67 Å². The molecule has 2 aliphatic heterocycles. The second-order valence-electron chi connectivity index (χ2n) is 9.87. The third-order valence-electron chi connectivity index (χ3n) is 7.13. The fourth-order valence-corrected chi connectivity index (χ4v) is 4.98. The van der Waals surface area contributed by atoms with E-state index in [2.05, 4.69) is 41.8 Å². The Balaban J connectivity index is 0.000000243. The summed E-state index contributed by atoms with van der Waals surface area (Å²) in [7, 11) is 3.55. The summed E-state index contributed by atoms with van der Waals surface area (Å²) in [6, 6.07) is 2.81. The molecule has 0 N–H and O–H groups in total. The van der Waals surface area contributed by atoms with Gasteiger partial charge in [0.1, 0.15) is 0 Å². The smallest absolute Gasteiger partial charge is 0.216 e. The maximum atomic E-state index is 5.68. The van der Waals surface area contributed by atoms with Crippen molar-refractivity contribution in [2.24, 2.45) is 13.0 Å². The second kappa shape index (κ2) is 11.4. The molecule has 190 valence electrons. The highest BCUT2D eigenvalue weighted by molar-refractivity contribution is 5.64. The number of methoxy groups -OCH3 is 1. The minimum atomic E-state index is 0.637. The van der Waals surface area contributed by atoms with Crippen LogP contribution in [0.2, 0.25) is 0 Å². The van der Waals surface area contributed by atoms with E-state index in [0.29, 0.717) is 19.1 Å². The van der Waals surface area contributed by atoms with E-state index in [9.17, 15) is 0 Å². The Kier molecular flexibility index (Phi) is 8.23. The Labute approximate surface area is 209 Å².